The highest BCUT2D eigenvalue weighted by molar-refractivity contribution is 5.95. The summed E-state index contributed by atoms with van der Waals surface area (Å²) in [5.74, 6) is 0.539. The van der Waals surface area contributed by atoms with Crippen LogP contribution in [-0.2, 0) is 6.42 Å². The molecule has 7 nitrogen and oxygen atoms in total. The average Bonchev–Trinajstić information content (AvgIpc) is 3.15. The zero-order valence-corrected chi connectivity index (χ0v) is 14.5. The Balaban J connectivity index is 1.63. The lowest BCUT2D eigenvalue weighted by Crippen LogP contribution is -2.50. The Morgan fingerprint density at radius 2 is 1.84 bits per heavy atom. The van der Waals surface area contributed by atoms with Crippen LogP contribution in [-0.4, -0.2) is 64.9 Å². The normalized spacial score (nSPS) is 14.5. The number of aryl methyl sites for hydroxylation is 1. The Labute approximate surface area is 146 Å². The first-order valence-corrected chi connectivity index (χ1v) is 8.39. The number of benzene rings is 1. The van der Waals surface area contributed by atoms with Crippen molar-refractivity contribution in [3.8, 4) is 5.75 Å². The Morgan fingerprint density at radius 3 is 2.48 bits per heavy atom. The first-order chi connectivity index (χ1) is 12.1. The maximum Gasteiger partial charge on any atom is 0.274 e. The van der Waals surface area contributed by atoms with Gasteiger partial charge in [0.2, 0.25) is 0 Å². The number of hydrogen-bond acceptors (Lipinski definition) is 4. The molecule has 1 aliphatic rings. The first-order valence-electron chi connectivity index (χ1n) is 8.39. The Kier molecular flexibility index (Phi) is 5.02. The van der Waals surface area contributed by atoms with Crippen LogP contribution < -0.4 is 4.74 Å². The number of imidazole rings is 1. The van der Waals surface area contributed by atoms with E-state index in [2.05, 4.69) is 9.97 Å². The van der Waals surface area contributed by atoms with E-state index in [1.165, 1.54) is 0 Å². The fraction of sp³-hybridized carbons (Fsp3) is 0.389. The summed E-state index contributed by atoms with van der Waals surface area (Å²) in [5, 5.41) is 0. The molecular formula is C18H22N4O3. The van der Waals surface area contributed by atoms with Gasteiger partial charge in [0.1, 0.15) is 11.4 Å². The largest absolute Gasteiger partial charge is 0.497 e. The minimum Gasteiger partial charge on any atom is -0.497 e. The van der Waals surface area contributed by atoms with Crippen molar-refractivity contribution in [2.45, 2.75) is 13.3 Å². The topological polar surface area (TPSA) is 78.5 Å². The quantitative estimate of drug-likeness (QED) is 0.915. The number of rotatable bonds is 4. The van der Waals surface area contributed by atoms with Crippen molar-refractivity contribution in [1.29, 1.82) is 0 Å². The summed E-state index contributed by atoms with van der Waals surface area (Å²) < 4.78 is 5.17. The van der Waals surface area contributed by atoms with Gasteiger partial charge in [0.25, 0.3) is 11.8 Å². The third-order valence-electron chi connectivity index (χ3n) is 4.45. The minimum absolute atomic E-state index is 0.0417. The van der Waals surface area contributed by atoms with Crippen molar-refractivity contribution in [3.05, 3.63) is 47.5 Å². The van der Waals surface area contributed by atoms with Gasteiger partial charge in [0.05, 0.1) is 13.4 Å². The number of carbonyl (C=O) groups excluding carboxylic acids is 2. The summed E-state index contributed by atoms with van der Waals surface area (Å²) >= 11 is 0. The molecule has 2 aromatic rings. The molecule has 0 unspecified atom stereocenters. The predicted octanol–water partition coefficient (Wildman–Crippen LogP) is 1.58. The fourth-order valence-corrected chi connectivity index (χ4v) is 2.98. The van der Waals surface area contributed by atoms with Crippen molar-refractivity contribution in [1.82, 2.24) is 19.8 Å². The third kappa shape index (κ3) is 3.50. The second kappa shape index (κ2) is 7.38. The van der Waals surface area contributed by atoms with Gasteiger partial charge in [-0.3, -0.25) is 9.59 Å². The molecule has 0 saturated carbocycles. The number of nitrogens with zero attached hydrogens (tertiary/aromatic N) is 3. The molecule has 3 rings (SSSR count). The SMILES string of the molecule is CCc1[nH]cnc1C(=O)N1CCN(C(=O)c2cccc(OC)c2)CC1. The molecule has 0 radical (unpaired) electrons. The zero-order valence-electron chi connectivity index (χ0n) is 14.5. The lowest BCUT2D eigenvalue weighted by molar-refractivity contribution is 0.0532. The van der Waals surface area contributed by atoms with Crippen LogP contribution >= 0.6 is 0 Å². The molecule has 25 heavy (non-hydrogen) atoms. The summed E-state index contributed by atoms with van der Waals surface area (Å²) in [6.45, 7) is 4.01. The van der Waals surface area contributed by atoms with E-state index in [-0.39, 0.29) is 11.8 Å². The molecule has 7 heteroatoms. The zero-order chi connectivity index (χ0) is 17.8. The van der Waals surface area contributed by atoms with Crippen molar-refractivity contribution in [3.63, 3.8) is 0 Å². The van der Waals surface area contributed by atoms with Gasteiger partial charge in [0.15, 0.2) is 0 Å². The molecule has 1 N–H and O–H groups in total. The van der Waals surface area contributed by atoms with Crippen molar-refractivity contribution < 1.29 is 14.3 Å². The van der Waals surface area contributed by atoms with Gasteiger partial charge < -0.3 is 19.5 Å². The molecule has 0 bridgehead atoms. The van der Waals surface area contributed by atoms with E-state index in [0.717, 1.165) is 12.1 Å². The standard InChI is InChI=1S/C18H22N4O3/c1-3-15-16(20-12-19-15)18(24)22-9-7-21(8-10-22)17(23)13-5-4-6-14(11-13)25-2/h4-6,11-12H,3,7-10H2,1-2H3,(H,19,20). The minimum atomic E-state index is -0.0772. The van der Waals surface area contributed by atoms with E-state index in [9.17, 15) is 9.59 Å². The number of ether oxygens (including phenoxy) is 1. The summed E-state index contributed by atoms with van der Waals surface area (Å²) in [5.41, 5.74) is 1.93. The van der Waals surface area contributed by atoms with Gasteiger partial charge in [-0.05, 0) is 24.6 Å². The third-order valence-corrected chi connectivity index (χ3v) is 4.45. The Hall–Kier alpha value is -2.83. The summed E-state index contributed by atoms with van der Waals surface area (Å²) in [7, 11) is 1.58. The maximum atomic E-state index is 12.6. The second-order valence-corrected chi connectivity index (χ2v) is 5.90. The molecule has 1 aromatic carbocycles. The van der Waals surface area contributed by atoms with E-state index in [1.54, 1.807) is 41.4 Å². The average molecular weight is 342 g/mol. The Bertz CT molecular complexity index is 763. The molecule has 132 valence electrons. The molecule has 0 atom stereocenters. The van der Waals surface area contributed by atoms with Crippen molar-refractivity contribution >= 4 is 11.8 Å². The molecule has 2 heterocycles. The van der Waals surface area contributed by atoms with Crippen LogP contribution in [0, 0.1) is 0 Å². The number of nitrogens with one attached hydrogen (secondary N) is 1. The van der Waals surface area contributed by atoms with Gasteiger partial charge in [-0.2, -0.15) is 0 Å². The number of H-pyrrole nitrogens is 1. The van der Waals surface area contributed by atoms with E-state index in [1.807, 2.05) is 13.0 Å². The molecule has 1 aromatic heterocycles. The number of methoxy groups -OCH3 is 1. The molecule has 1 fully saturated rings. The number of hydrogen-bond donors (Lipinski definition) is 1. The predicted molar refractivity (Wildman–Crippen MR) is 92.8 cm³/mol. The molecule has 1 aliphatic heterocycles. The number of aromatic nitrogens is 2. The van der Waals surface area contributed by atoms with E-state index in [0.29, 0.717) is 43.2 Å². The molecule has 0 spiro atoms. The lowest BCUT2D eigenvalue weighted by Gasteiger charge is -2.34. The van der Waals surface area contributed by atoms with Crippen molar-refractivity contribution in [2.75, 3.05) is 33.3 Å². The number of carbonyl (C=O) groups is 2. The first kappa shape index (κ1) is 17.0. The molecule has 2 amide bonds. The lowest BCUT2D eigenvalue weighted by atomic mass is 10.1. The maximum absolute atomic E-state index is 12.6. The van der Waals surface area contributed by atoms with Crippen LogP contribution in [0.15, 0.2) is 30.6 Å². The van der Waals surface area contributed by atoms with E-state index in [4.69, 9.17) is 4.74 Å². The smallest absolute Gasteiger partial charge is 0.274 e. The van der Waals surface area contributed by atoms with Crippen LogP contribution in [0.2, 0.25) is 0 Å². The van der Waals surface area contributed by atoms with Gasteiger partial charge in [-0.25, -0.2) is 4.98 Å². The number of piperazine rings is 1. The van der Waals surface area contributed by atoms with E-state index >= 15 is 0 Å². The second-order valence-electron chi connectivity index (χ2n) is 5.90. The van der Waals surface area contributed by atoms with Gasteiger partial charge in [0, 0.05) is 37.4 Å². The molecule has 0 aliphatic carbocycles. The highest BCUT2D eigenvalue weighted by Gasteiger charge is 2.27. The number of aromatic amines is 1. The van der Waals surface area contributed by atoms with Crippen LogP contribution in [0.1, 0.15) is 33.5 Å². The van der Waals surface area contributed by atoms with Crippen LogP contribution in [0.3, 0.4) is 0 Å². The van der Waals surface area contributed by atoms with Crippen LogP contribution in [0.5, 0.6) is 5.75 Å². The monoisotopic (exact) mass is 342 g/mol. The highest BCUT2D eigenvalue weighted by atomic mass is 16.5. The molecular weight excluding hydrogens is 320 g/mol. The summed E-state index contributed by atoms with van der Waals surface area (Å²) in [6.07, 6.45) is 2.28. The van der Waals surface area contributed by atoms with E-state index < -0.39 is 0 Å². The van der Waals surface area contributed by atoms with Gasteiger partial charge in [-0.15, -0.1) is 0 Å². The van der Waals surface area contributed by atoms with Crippen molar-refractivity contribution in [2.24, 2.45) is 0 Å². The van der Waals surface area contributed by atoms with Gasteiger partial charge >= 0.3 is 0 Å². The molecule has 1 saturated heterocycles. The van der Waals surface area contributed by atoms with Crippen LogP contribution in [0.25, 0.3) is 0 Å². The Morgan fingerprint density at radius 1 is 1.16 bits per heavy atom. The summed E-state index contributed by atoms with van der Waals surface area (Å²) in [4.78, 5) is 35.9. The number of amides is 2. The fourth-order valence-electron chi connectivity index (χ4n) is 2.98. The van der Waals surface area contributed by atoms with Gasteiger partial charge in [-0.1, -0.05) is 13.0 Å². The van der Waals surface area contributed by atoms with Crippen LogP contribution in [0.4, 0.5) is 0 Å². The summed E-state index contributed by atoms with van der Waals surface area (Å²) in [6, 6.07) is 7.12. The highest BCUT2D eigenvalue weighted by Crippen LogP contribution is 2.16.